The van der Waals surface area contributed by atoms with Gasteiger partial charge >= 0.3 is 0 Å². The molecule has 0 spiro atoms. The molecule has 0 bridgehead atoms. The first kappa shape index (κ1) is 14.6. The number of nitrogens with one attached hydrogen (secondary N) is 1. The lowest BCUT2D eigenvalue weighted by Gasteiger charge is -2.21. The first-order valence-corrected chi connectivity index (χ1v) is 7.70. The summed E-state index contributed by atoms with van der Waals surface area (Å²) < 4.78 is 5.85. The van der Waals surface area contributed by atoms with Crippen LogP contribution < -0.4 is 10.1 Å². The standard InChI is InChI=1S/C13H16N2O.C6H4/c1-3-11-13(7-5-9-14-11)16-10(2)12-6-4-8-15-12;1-2-5-4-6(5)3-1/h1,5,7,9-10,12,15H,4,6,8H2,2H3;1-4H. The van der Waals surface area contributed by atoms with E-state index in [0.717, 1.165) is 13.0 Å². The average molecular weight is 292 g/mol. The summed E-state index contributed by atoms with van der Waals surface area (Å²) in [5.41, 5.74) is 3.43. The van der Waals surface area contributed by atoms with Crippen LogP contribution in [0.15, 0.2) is 42.6 Å². The zero-order valence-corrected chi connectivity index (χ0v) is 12.8. The summed E-state index contributed by atoms with van der Waals surface area (Å²) in [4.78, 5) is 4.10. The normalized spacial score (nSPS) is 18.6. The number of hydrogen-bond acceptors (Lipinski definition) is 3. The van der Waals surface area contributed by atoms with E-state index in [1.165, 1.54) is 17.5 Å². The molecule has 0 amide bonds. The Hall–Kier alpha value is -2.31. The van der Waals surface area contributed by atoms with Crippen LogP contribution in [0.25, 0.3) is 11.1 Å². The van der Waals surface area contributed by atoms with Gasteiger partial charge in [-0.25, -0.2) is 4.98 Å². The Balaban J connectivity index is 0.000000196. The fourth-order valence-electron chi connectivity index (χ4n) is 2.66. The van der Waals surface area contributed by atoms with Crippen LogP contribution in [0.5, 0.6) is 5.75 Å². The summed E-state index contributed by atoms with van der Waals surface area (Å²) in [7, 11) is 0. The molecule has 2 atom stereocenters. The predicted octanol–water partition coefficient (Wildman–Crippen LogP) is 3.25. The maximum absolute atomic E-state index is 5.85. The zero-order valence-electron chi connectivity index (χ0n) is 12.8. The van der Waals surface area contributed by atoms with Crippen LogP contribution in [0.3, 0.4) is 0 Å². The summed E-state index contributed by atoms with van der Waals surface area (Å²) in [6.45, 7) is 3.14. The van der Waals surface area contributed by atoms with Gasteiger partial charge in [0.25, 0.3) is 0 Å². The second-order valence-electron chi connectivity index (χ2n) is 5.60. The third-order valence-electron chi connectivity index (χ3n) is 4.00. The van der Waals surface area contributed by atoms with Crippen LogP contribution in [0.2, 0.25) is 0 Å². The van der Waals surface area contributed by atoms with Gasteiger partial charge in [0.15, 0.2) is 11.4 Å². The Morgan fingerprint density at radius 3 is 2.68 bits per heavy atom. The number of fused-ring (bicyclic) bond motifs is 1. The van der Waals surface area contributed by atoms with Crippen molar-refractivity contribution in [3.63, 3.8) is 0 Å². The molecule has 1 N–H and O–H groups in total. The minimum absolute atomic E-state index is 0.124. The number of pyridine rings is 1. The smallest absolute Gasteiger partial charge is 0.154 e. The van der Waals surface area contributed by atoms with Gasteiger partial charge < -0.3 is 10.1 Å². The Morgan fingerprint density at radius 1 is 1.32 bits per heavy atom. The number of benzene rings is 1. The van der Waals surface area contributed by atoms with Gasteiger partial charge in [-0.3, -0.25) is 0 Å². The van der Waals surface area contributed by atoms with E-state index >= 15 is 0 Å². The highest BCUT2D eigenvalue weighted by atomic mass is 16.5. The Labute approximate surface area is 131 Å². The second-order valence-corrected chi connectivity index (χ2v) is 5.60. The molecule has 3 nitrogen and oxygen atoms in total. The molecule has 3 heteroatoms. The maximum atomic E-state index is 5.85. The van der Waals surface area contributed by atoms with Crippen LogP contribution in [0, 0.1) is 12.3 Å². The molecule has 1 aromatic heterocycles. The molecule has 1 aromatic rings. The zero-order chi connectivity index (χ0) is 15.4. The van der Waals surface area contributed by atoms with Gasteiger partial charge in [-0.15, -0.1) is 6.42 Å². The van der Waals surface area contributed by atoms with Crippen molar-refractivity contribution >= 4 is 0 Å². The van der Waals surface area contributed by atoms with Crippen LogP contribution in [-0.2, 0) is 0 Å². The van der Waals surface area contributed by atoms with Crippen LogP contribution in [0.4, 0.5) is 0 Å². The average Bonchev–Trinajstić information content (AvgIpc) is 2.99. The Morgan fingerprint density at radius 2 is 2.14 bits per heavy atom. The summed E-state index contributed by atoms with van der Waals surface area (Å²) in [5.74, 6) is 3.24. The molecule has 4 rings (SSSR count). The van der Waals surface area contributed by atoms with Crippen molar-refractivity contribution in [2.24, 2.45) is 0 Å². The van der Waals surface area contributed by atoms with Gasteiger partial charge in [-0.2, -0.15) is 0 Å². The minimum atomic E-state index is 0.124. The van der Waals surface area contributed by atoms with E-state index in [2.05, 4.69) is 47.4 Å². The molecule has 3 aliphatic rings. The molecule has 22 heavy (non-hydrogen) atoms. The molecule has 1 saturated heterocycles. The molecular weight excluding hydrogens is 272 g/mol. The second kappa shape index (κ2) is 6.64. The fraction of sp³-hybridized carbons (Fsp3) is 0.316. The third-order valence-corrected chi connectivity index (χ3v) is 4.00. The number of terminal acetylenes is 1. The lowest BCUT2D eigenvalue weighted by atomic mass is 10.1. The molecule has 1 fully saturated rings. The molecule has 0 saturated carbocycles. The SMILES string of the molecule is C#Cc1ncccc1OC(C)C1CCCN1.c1cc2cc-2c1. The predicted molar refractivity (Wildman–Crippen MR) is 88.7 cm³/mol. The van der Waals surface area contributed by atoms with Gasteiger partial charge in [0.1, 0.15) is 6.10 Å². The maximum Gasteiger partial charge on any atom is 0.154 e. The minimum Gasteiger partial charge on any atom is -0.486 e. The number of hydrogen-bond donors (Lipinski definition) is 1. The monoisotopic (exact) mass is 292 g/mol. The van der Waals surface area contributed by atoms with E-state index in [4.69, 9.17) is 11.2 Å². The molecule has 112 valence electrons. The quantitative estimate of drug-likeness (QED) is 0.752. The summed E-state index contributed by atoms with van der Waals surface area (Å²) >= 11 is 0. The molecule has 1 aliphatic heterocycles. The van der Waals surface area contributed by atoms with Crippen LogP contribution in [-0.4, -0.2) is 23.7 Å². The third kappa shape index (κ3) is 3.47. The largest absolute Gasteiger partial charge is 0.486 e. The molecule has 0 radical (unpaired) electrons. The van der Waals surface area contributed by atoms with Crippen molar-refractivity contribution in [3.8, 4) is 29.2 Å². The van der Waals surface area contributed by atoms with E-state index in [-0.39, 0.29) is 6.10 Å². The highest BCUT2D eigenvalue weighted by Gasteiger charge is 2.22. The lowest BCUT2D eigenvalue weighted by molar-refractivity contribution is 0.179. The van der Waals surface area contributed by atoms with E-state index < -0.39 is 0 Å². The van der Waals surface area contributed by atoms with Gasteiger partial charge in [-0.1, -0.05) is 18.2 Å². The summed E-state index contributed by atoms with van der Waals surface area (Å²) in [6.07, 6.45) is 9.55. The van der Waals surface area contributed by atoms with E-state index in [1.807, 2.05) is 12.1 Å². The highest BCUT2D eigenvalue weighted by Crippen LogP contribution is 2.32. The van der Waals surface area contributed by atoms with Crippen molar-refractivity contribution in [1.82, 2.24) is 10.3 Å². The van der Waals surface area contributed by atoms with Crippen molar-refractivity contribution in [1.29, 1.82) is 0 Å². The van der Waals surface area contributed by atoms with Crippen LogP contribution >= 0.6 is 0 Å². The molecule has 2 aliphatic carbocycles. The Kier molecular flexibility index (Phi) is 4.41. The van der Waals surface area contributed by atoms with E-state index in [1.54, 1.807) is 6.20 Å². The first-order valence-electron chi connectivity index (χ1n) is 7.70. The Bertz CT molecular complexity index is 667. The van der Waals surface area contributed by atoms with Crippen molar-refractivity contribution in [2.45, 2.75) is 31.9 Å². The topological polar surface area (TPSA) is 34.1 Å². The van der Waals surface area contributed by atoms with Crippen molar-refractivity contribution < 1.29 is 4.74 Å². The van der Waals surface area contributed by atoms with Crippen molar-refractivity contribution in [2.75, 3.05) is 6.54 Å². The molecule has 2 heterocycles. The van der Waals surface area contributed by atoms with E-state index in [9.17, 15) is 0 Å². The number of rotatable bonds is 3. The van der Waals surface area contributed by atoms with Gasteiger partial charge in [-0.05, 0) is 61.6 Å². The lowest BCUT2D eigenvalue weighted by Crippen LogP contribution is -2.36. The fourth-order valence-corrected chi connectivity index (χ4v) is 2.66. The molecule has 0 aromatic carbocycles. The summed E-state index contributed by atoms with van der Waals surface area (Å²) in [5, 5.41) is 3.42. The van der Waals surface area contributed by atoms with Crippen molar-refractivity contribution in [3.05, 3.63) is 48.3 Å². The van der Waals surface area contributed by atoms with Gasteiger partial charge in [0, 0.05) is 12.2 Å². The number of ether oxygens (including phenoxy) is 1. The molecular formula is C19H20N2O. The van der Waals surface area contributed by atoms with Crippen LogP contribution in [0.1, 0.15) is 25.5 Å². The van der Waals surface area contributed by atoms with Gasteiger partial charge in [0.05, 0.1) is 0 Å². The molecule has 2 unspecified atom stereocenters. The number of nitrogens with zero attached hydrogens (tertiary/aromatic N) is 1. The first-order chi connectivity index (χ1) is 10.8. The number of aromatic nitrogens is 1. The van der Waals surface area contributed by atoms with Gasteiger partial charge in [0.2, 0.25) is 0 Å². The highest BCUT2D eigenvalue weighted by molar-refractivity contribution is 5.80. The summed E-state index contributed by atoms with van der Waals surface area (Å²) in [6, 6.07) is 12.6. The van der Waals surface area contributed by atoms with E-state index in [0.29, 0.717) is 17.5 Å².